The molecule has 0 bridgehead atoms. The van der Waals surface area contributed by atoms with Gasteiger partial charge in [-0.1, -0.05) is 6.07 Å². The first-order valence-electron chi connectivity index (χ1n) is 7.72. The van der Waals surface area contributed by atoms with E-state index in [9.17, 15) is 4.79 Å². The zero-order chi connectivity index (χ0) is 17.6. The van der Waals surface area contributed by atoms with Crippen LogP contribution in [-0.4, -0.2) is 34.8 Å². The van der Waals surface area contributed by atoms with E-state index in [2.05, 4.69) is 20.8 Å². The van der Waals surface area contributed by atoms with E-state index in [0.717, 1.165) is 11.2 Å². The SMILES string of the molecule is COc1ccc(OC)c(CNC(=O)NCc2nnc3ccccn23)c1. The molecule has 2 amide bonds. The molecule has 8 heteroatoms. The average Bonchev–Trinajstić information content (AvgIpc) is 3.07. The predicted octanol–water partition coefficient (Wildman–Crippen LogP) is 1.75. The van der Waals surface area contributed by atoms with Crippen molar-refractivity contribution in [2.45, 2.75) is 13.1 Å². The topological polar surface area (TPSA) is 89.8 Å². The van der Waals surface area contributed by atoms with Crippen molar-refractivity contribution in [3.8, 4) is 11.5 Å². The Morgan fingerprint density at radius 3 is 2.72 bits per heavy atom. The van der Waals surface area contributed by atoms with E-state index in [4.69, 9.17) is 9.47 Å². The van der Waals surface area contributed by atoms with Crippen molar-refractivity contribution in [2.24, 2.45) is 0 Å². The second-order valence-electron chi connectivity index (χ2n) is 5.26. The maximum Gasteiger partial charge on any atom is 0.315 e. The number of hydrogen-bond acceptors (Lipinski definition) is 5. The van der Waals surface area contributed by atoms with Gasteiger partial charge in [0.1, 0.15) is 11.5 Å². The molecule has 0 saturated heterocycles. The number of carbonyl (C=O) groups is 1. The fourth-order valence-corrected chi connectivity index (χ4v) is 2.43. The standard InChI is InChI=1S/C17H19N5O3/c1-24-13-6-7-14(25-2)12(9-13)10-18-17(23)19-11-16-21-20-15-5-3-4-8-22(15)16/h3-9H,10-11H2,1-2H3,(H2,18,19,23). The fourth-order valence-electron chi connectivity index (χ4n) is 2.43. The number of benzene rings is 1. The Balaban J connectivity index is 1.58. The second kappa shape index (κ2) is 7.52. The van der Waals surface area contributed by atoms with E-state index in [0.29, 0.717) is 23.9 Å². The lowest BCUT2D eigenvalue weighted by Crippen LogP contribution is -2.35. The van der Waals surface area contributed by atoms with Gasteiger partial charge in [0.05, 0.1) is 20.8 Å². The summed E-state index contributed by atoms with van der Waals surface area (Å²) in [5.74, 6) is 2.04. The lowest BCUT2D eigenvalue weighted by molar-refractivity contribution is 0.239. The number of nitrogens with one attached hydrogen (secondary N) is 2. The summed E-state index contributed by atoms with van der Waals surface area (Å²) in [7, 11) is 3.18. The van der Waals surface area contributed by atoms with Gasteiger partial charge >= 0.3 is 6.03 Å². The molecule has 0 saturated carbocycles. The summed E-state index contributed by atoms with van der Waals surface area (Å²) in [5, 5.41) is 13.7. The van der Waals surface area contributed by atoms with Gasteiger partial charge in [0.2, 0.25) is 0 Å². The summed E-state index contributed by atoms with van der Waals surface area (Å²) >= 11 is 0. The molecule has 0 atom stereocenters. The molecule has 3 aromatic rings. The van der Waals surface area contributed by atoms with Gasteiger partial charge in [0.25, 0.3) is 0 Å². The molecule has 3 rings (SSSR count). The zero-order valence-electron chi connectivity index (χ0n) is 14.0. The number of fused-ring (bicyclic) bond motifs is 1. The van der Waals surface area contributed by atoms with Gasteiger partial charge in [-0.15, -0.1) is 10.2 Å². The van der Waals surface area contributed by atoms with E-state index in [1.165, 1.54) is 0 Å². The molecule has 0 fully saturated rings. The minimum atomic E-state index is -0.308. The number of nitrogens with zero attached hydrogens (tertiary/aromatic N) is 3. The molecular formula is C17H19N5O3. The molecule has 2 heterocycles. The zero-order valence-corrected chi connectivity index (χ0v) is 14.0. The summed E-state index contributed by atoms with van der Waals surface area (Å²) in [6, 6.07) is 10.7. The maximum atomic E-state index is 12.1. The van der Waals surface area contributed by atoms with Gasteiger partial charge < -0.3 is 20.1 Å². The molecule has 0 radical (unpaired) electrons. The van der Waals surface area contributed by atoms with Crippen LogP contribution in [0.5, 0.6) is 11.5 Å². The number of hydrogen-bond donors (Lipinski definition) is 2. The smallest absolute Gasteiger partial charge is 0.315 e. The van der Waals surface area contributed by atoms with Crippen molar-refractivity contribution in [3.05, 3.63) is 54.0 Å². The lowest BCUT2D eigenvalue weighted by atomic mass is 10.2. The molecule has 1 aromatic carbocycles. The third kappa shape index (κ3) is 3.79. The molecule has 25 heavy (non-hydrogen) atoms. The Hall–Kier alpha value is -3.29. The summed E-state index contributed by atoms with van der Waals surface area (Å²) in [5.41, 5.74) is 1.56. The average molecular weight is 341 g/mol. The van der Waals surface area contributed by atoms with Crippen molar-refractivity contribution >= 4 is 11.7 Å². The Morgan fingerprint density at radius 1 is 1.08 bits per heavy atom. The van der Waals surface area contributed by atoms with E-state index in [-0.39, 0.29) is 12.6 Å². The minimum absolute atomic E-state index is 0.270. The number of pyridine rings is 1. The lowest BCUT2D eigenvalue weighted by Gasteiger charge is -2.12. The van der Waals surface area contributed by atoms with E-state index in [1.807, 2.05) is 34.9 Å². The minimum Gasteiger partial charge on any atom is -0.497 e. The van der Waals surface area contributed by atoms with Crippen LogP contribution in [0.4, 0.5) is 4.79 Å². The van der Waals surface area contributed by atoms with Crippen LogP contribution in [0.3, 0.4) is 0 Å². The molecule has 130 valence electrons. The van der Waals surface area contributed by atoms with Gasteiger partial charge in [-0.2, -0.15) is 0 Å². The van der Waals surface area contributed by atoms with Crippen LogP contribution in [-0.2, 0) is 13.1 Å². The Bertz CT molecular complexity index is 878. The summed E-state index contributed by atoms with van der Waals surface area (Å²) in [6.07, 6.45) is 1.85. The highest BCUT2D eigenvalue weighted by Gasteiger charge is 2.09. The number of carbonyl (C=O) groups excluding carboxylic acids is 1. The van der Waals surface area contributed by atoms with E-state index >= 15 is 0 Å². The largest absolute Gasteiger partial charge is 0.497 e. The van der Waals surface area contributed by atoms with Crippen LogP contribution in [0.1, 0.15) is 11.4 Å². The molecule has 0 unspecified atom stereocenters. The van der Waals surface area contributed by atoms with Crippen molar-refractivity contribution < 1.29 is 14.3 Å². The number of urea groups is 1. The maximum absolute atomic E-state index is 12.1. The van der Waals surface area contributed by atoms with Crippen molar-refractivity contribution in [1.82, 2.24) is 25.2 Å². The number of rotatable bonds is 6. The second-order valence-corrected chi connectivity index (χ2v) is 5.26. The molecule has 2 N–H and O–H groups in total. The van der Waals surface area contributed by atoms with Gasteiger partial charge in [0.15, 0.2) is 11.5 Å². The van der Waals surface area contributed by atoms with Crippen LogP contribution >= 0.6 is 0 Å². The number of amides is 2. The van der Waals surface area contributed by atoms with Crippen LogP contribution in [0.15, 0.2) is 42.6 Å². The van der Waals surface area contributed by atoms with Crippen molar-refractivity contribution in [3.63, 3.8) is 0 Å². The first-order valence-corrected chi connectivity index (χ1v) is 7.72. The van der Waals surface area contributed by atoms with Crippen molar-refractivity contribution in [1.29, 1.82) is 0 Å². The molecule has 0 aliphatic rings. The highest BCUT2D eigenvalue weighted by atomic mass is 16.5. The first-order chi connectivity index (χ1) is 12.2. The third-order valence-electron chi connectivity index (χ3n) is 3.72. The Kier molecular flexibility index (Phi) is 4.98. The third-order valence-corrected chi connectivity index (χ3v) is 3.72. The summed E-state index contributed by atoms with van der Waals surface area (Å²) < 4.78 is 12.3. The monoisotopic (exact) mass is 341 g/mol. The first kappa shape index (κ1) is 16.6. The number of aromatic nitrogens is 3. The van der Waals surface area contributed by atoms with Gasteiger partial charge in [-0.05, 0) is 30.3 Å². The Morgan fingerprint density at radius 2 is 1.92 bits per heavy atom. The summed E-state index contributed by atoms with van der Waals surface area (Å²) in [4.78, 5) is 12.1. The normalized spacial score (nSPS) is 10.5. The molecule has 0 spiro atoms. The number of ether oxygens (including phenoxy) is 2. The highest BCUT2D eigenvalue weighted by molar-refractivity contribution is 5.73. The van der Waals surface area contributed by atoms with Crippen LogP contribution in [0.2, 0.25) is 0 Å². The predicted molar refractivity (Wildman–Crippen MR) is 91.6 cm³/mol. The van der Waals surface area contributed by atoms with Crippen LogP contribution in [0, 0.1) is 0 Å². The van der Waals surface area contributed by atoms with E-state index in [1.54, 1.807) is 26.4 Å². The van der Waals surface area contributed by atoms with Gasteiger partial charge in [-0.25, -0.2) is 4.79 Å². The van der Waals surface area contributed by atoms with Crippen LogP contribution < -0.4 is 20.1 Å². The molecule has 0 aliphatic carbocycles. The van der Waals surface area contributed by atoms with E-state index < -0.39 is 0 Å². The molecule has 0 aliphatic heterocycles. The number of methoxy groups -OCH3 is 2. The fraction of sp³-hybridized carbons (Fsp3) is 0.235. The highest BCUT2D eigenvalue weighted by Crippen LogP contribution is 2.23. The van der Waals surface area contributed by atoms with Gasteiger partial charge in [-0.3, -0.25) is 4.40 Å². The van der Waals surface area contributed by atoms with Gasteiger partial charge in [0, 0.05) is 18.3 Å². The Labute approximate surface area is 144 Å². The molecular weight excluding hydrogens is 322 g/mol. The van der Waals surface area contributed by atoms with Crippen molar-refractivity contribution in [2.75, 3.05) is 14.2 Å². The van der Waals surface area contributed by atoms with Crippen LogP contribution in [0.25, 0.3) is 5.65 Å². The summed E-state index contributed by atoms with van der Waals surface area (Å²) in [6.45, 7) is 0.582. The molecule has 2 aromatic heterocycles. The quantitative estimate of drug-likeness (QED) is 0.713. The molecule has 8 nitrogen and oxygen atoms in total.